The Morgan fingerprint density at radius 2 is 1.94 bits per heavy atom. The number of unbranched alkanes of at least 4 members (excludes halogenated alkanes) is 1. The lowest BCUT2D eigenvalue weighted by molar-refractivity contribution is -0.140. The molecule has 94 valence electrons. The van der Waals surface area contributed by atoms with Crippen LogP contribution in [-0.2, 0) is 9.59 Å². The highest BCUT2D eigenvalue weighted by atomic mass is 32.2. The summed E-state index contributed by atoms with van der Waals surface area (Å²) in [5, 5.41) is 8.94. The molecule has 1 N–H and O–H groups in total. The molecule has 0 aliphatic rings. The molecule has 0 aromatic heterocycles. The predicted octanol–water partition coefficient (Wildman–Crippen LogP) is 2.98. The van der Waals surface area contributed by atoms with Crippen LogP contribution in [0.1, 0.15) is 46.5 Å². The van der Waals surface area contributed by atoms with Crippen molar-refractivity contribution in [3.8, 4) is 0 Å². The van der Waals surface area contributed by atoms with Gasteiger partial charge in [0, 0.05) is 23.8 Å². The molecule has 16 heavy (non-hydrogen) atoms. The highest BCUT2D eigenvalue weighted by Gasteiger charge is 2.14. The van der Waals surface area contributed by atoms with E-state index in [1.54, 1.807) is 18.7 Å². The largest absolute Gasteiger partial charge is 0.481 e. The number of rotatable bonds is 9. The van der Waals surface area contributed by atoms with Gasteiger partial charge >= 0.3 is 5.97 Å². The van der Waals surface area contributed by atoms with E-state index in [0.29, 0.717) is 24.4 Å². The van der Waals surface area contributed by atoms with Crippen molar-refractivity contribution in [2.75, 3.05) is 5.75 Å². The summed E-state index contributed by atoms with van der Waals surface area (Å²) in [7, 11) is 0. The predicted molar refractivity (Wildman–Crippen MR) is 67.9 cm³/mol. The van der Waals surface area contributed by atoms with Crippen LogP contribution in [0.25, 0.3) is 0 Å². The molecule has 0 amide bonds. The molecule has 0 aromatic rings. The van der Waals surface area contributed by atoms with E-state index in [0.717, 1.165) is 12.8 Å². The number of hydrogen-bond acceptors (Lipinski definition) is 3. The SMILES string of the molecule is CCCCC(=O)CC(C)SCC(C)C(=O)O. The number of hydrogen-bond donors (Lipinski definition) is 1. The van der Waals surface area contributed by atoms with Gasteiger partial charge in [-0.05, 0) is 6.42 Å². The lowest BCUT2D eigenvalue weighted by Gasteiger charge is -2.12. The zero-order chi connectivity index (χ0) is 12.6. The summed E-state index contributed by atoms with van der Waals surface area (Å²) in [5.74, 6) is -0.225. The summed E-state index contributed by atoms with van der Waals surface area (Å²) in [6.07, 6.45) is 3.23. The average Bonchev–Trinajstić information content (AvgIpc) is 2.22. The van der Waals surface area contributed by atoms with E-state index in [4.69, 9.17) is 5.11 Å². The highest BCUT2D eigenvalue weighted by molar-refractivity contribution is 7.99. The molecule has 0 spiro atoms. The van der Waals surface area contributed by atoms with Crippen molar-refractivity contribution in [3.05, 3.63) is 0 Å². The van der Waals surface area contributed by atoms with E-state index in [9.17, 15) is 9.59 Å². The Hall–Kier alpha value is -0.510. The molecule has 3 nitrogen and oxygen atoms in total. The first-order chi connectivity index (χ1) is 7.47. The second-order valence-electron chi connectivity index (χ2n) is 4.23. The van der Waals surface area contributed by atoms with Crippen LogP contribution in [0.2, 0.25) is 0 Å². The van der Waals surface area contributed by atoms with Gasteiger partial charge in [-0.25, -0.2) is 0 Å². The van der Waals surface area contributed by atoms with Gasteiger partial charge in [0.15, 0.2) is 0 Å². The third-order valence-corrected chi connectivity index (χ3v) is 3.80. The number of carboxylic acid groups (broad SMARTS) is 1. The van der Waals surface area contributed by atoms with Gasteiger partial charge in [0.2, 0.25) is 0 Å². The fraction of sp³-hybridized carbons (Fsp3) is 0.833. The van der Waals surface area contributed by atoms with Crippen molar-refractivity contribution >= 4 is 23.5 Å². The summed E-state index contributed by atoms with van der Waals surface area (Å²) < 4.78 is 0. The number of thioether (sulfide) groups is 1. The van der Waals surface area contributed by atoms with E-state index >= 15 is 0 Å². The van der Waals surface area contributed by atoms with E-state index in [2.05, 4.69) is 6.92 Å². The van der Waals surface area contributed by atoms with Gasteiger partial charge in [-0.2, -0.15) is 11.8 Å². The molecule has 0 rings (SSSR count). The van der Waals surface area contributed by atoms with Gasteiger partial charge in [0.25, 0.3) is 0 Å². The summed E-state index contributed by atoms with van der Waals surface area (Å²) in [5.41, 5.74) is 0. The van der Waals surface area contributed by atoms with Crippen LogP contribution in [0, 0.1) is 5.92 Å². The highest BCUT2D eigenvalue weighted by Crippen LogP contribution is 2.19. The van der Waals surface area contributed by atoms with Gasteiger partial charge in [-0.3, -0.25) is 9.59 Å². The van der Waals surface area contributed by atoms with Crippen molar-refractivity contribution in [1.82, 2.24) is 0 Å². The second-order valence-corrected chi connectivity index (χ2v) is 5.70. The first kappa shape index (κ1) is 15.5. The molecule has 0 aliphatic carbocycles. The van der Waals surface area contributed by atoms with Gasteiger partial charge in [-0.15, -0.1) is 0 Å². The Balaban J connectivity index is 3.69. The van der Waals surface area contributed by atoms with Crippen LogP contribution >= 0.6 is 11.8 Å². The topological polar surface area (TPSA) is 54.4 Å². The van der Waals surface area contributed by atoms with E-state index in [1.165, 1.54) is 0 Å². The molecular formula is C12H22O3S. The zero-order valence-electron chi connectivity index (χ0n) is 10.4. The minimum atomic E-state index is -0.767. The van der Waals surface area contributed by atoms with E-state index in [1.807, 2.05) is 6.92 Å². The Kier molecular flexibility index (Phi) is 8.35. The quantitative estimate of drug-likeness (QED) is 0.679. The molecule has 0 saturated heterocycles. The average molecular weight is 246 g/mol. The number of carboxylic acids is 1. The molecule has 0 heterocycles. The smallest absolute Gasteiger partial charge is 0.307 e. The van der Waals surface area contributed by atoms with Crippen LogP contribution in [-0.4, -0.2) is 27.9 Å². The second kappa shape index (κ2) is 8.62. The Bertz CT molecular complexity index is 228. The van der Waals surface area contributed by atoms with Crippen LogP contribution < -0.4 is 0 Å². The van der Waals surface area contributed by atoms with Gasteiger partial charge < -0.3 is 5.11 Å². The summed E-state index contributed by atoms with van der Waals surface area (Å²) in [6, 6.07) is 0. The monoisotopic (exact) mass is 246 g/mol. The zero-order valence-corrected chi connectivity index (χ0v) is 11.2. The molecule has 0 aromatic carbocycles. The number of aliphatic carboxylic acids is 1. The first-order valence-electron chi connectivity index (χ1n) is 5.83. The van der Waals surface area contributed by atoms with Crippen LogP contribution in [0.3, 0.4) is 0 Å². The van der Waals surface area contributed by atoms with Gasteiger partial charge in [-0.1, -0.05) is 27.2 Å². The molecule has 0 bridgehead atoms. The summed E-state index contributed by atoms with van der Waals surface area (Å²) in [6.45, 7) is 5.75. The van der Waals surface area contributed by atoms with Crippen molar-refractivity contribution in [2.45, 2.75) is 51.7 Å². The van der Waals surface area contributed by atoms with Crippen LogP contribution in [0.5, 0.6) is 0 Å². The minimum absolute atomic E-state index is 0.228. The molecule has 2 unspecified atom stereocenters. The fourth-order valence-electron chi connectivity index (χ4n) is 1.24. The summed E-state index contributed by atoms with van der Waals surface area (Å²) in [4.78, 5) is 22.1. The number of carbonyl (C=O) groups excluding carboxylic acids is 1. The molecule has 4 heteroatoms. The van der Waals surface area contributed by atoms with E-state index < -0.39 is 5.97 Å². The Labute approximate surface area is 102 Å². The molecule has 0 saturated carbocycles. The van der Waals surface area contributed by atoms with E-state index in [-0.39, 0.29) is 11.2 Å². The standard InChI is InChI=1S/C12H22O3S/c1-4-5-6-11(13)7-10(3)16-8-9(2)12(14)15/h9-10H,4-8H2,1-3H3,(H,14,15). The van der Waals surface area contributed by atoms with Crippen molar-refractivity contribution in [2.24, 2.45) is 5.92 Å². The lowest BCUT2D eigenvalue weighted by atomic mass is 10.1. The Morgan fingerprint density at radius 1 is 1.31 bits per heavy atom. The Morgan fingerprint density at radius 3 is 2.44 bits per heavy atom. The van der Waals surface area contributed by atoms with Gasteiger partial charge in [0.05, 0.1) is 5.92 Å². The third-order valence-electron chi connectivity index (χ3n) is 2.38. The molecule has 0 fully saturated rings. The van der Waals surface area contributed by atoms with Crippen LogP contribution in [0.15, 0.2) is 0 Å². The number of carbonyl (C=O) groups is 2. The third kappa shape index (κ3) is 7.74. The van der Waals surface area contributed by atoms with Crippen LogP contribution in [0.4, 0.5) is 0 Å². The van der Waals surface area contributed by atoms with Gasteiger partial charge in [0.1, 0.15) is 5.78 Å². The normalized spacial score (nSPS) is 14.4. The first-order valence-corrected chi connectivity index (χ1v) is 6.88. The summed E-state index contributed by atoms with van der Waals surface area (Å²) >= 11 is 1.57. The van der Waals surface area contributed by atoms with Crippen molar-refractivity contribution < 1.29 is 14.7 Å². The fourth-order valence-corrected chi connectivity index (χ4v) is 2.30. The maximum atomic E-state index is 11.5. The molecule has 0 radical (unpaired) electrons. The van der Waals surface area contributed by atoms with Crippen molar-refractivity contribution in [3.63, 3.8) is 0 Å². The number of Topliss-reactive ketones (excluding diaryl/α,β-unsaturated/α-hetero) is 1. The number of ketones is 1. The molecule has 0 aliphatic heterocycles. The molecule has 2 atom stereocenters. The maximum absolute atomic E-state index is 11.5. The lowest BCUT2D eigenvalue weighted by Crippen LogP contribution is -2.15. The minimum Gasteiger partial charge on any atom is -0.481 e. The molecular weight excluding hydrogens is 224 g/mol. The van der Waals surface area contributed by atoms with Crippen molar-refractivity contribution in [1.29, 1.82) is 0 Å². The maximum Gasteiger partial charge on any atom is 0.307 e.